The van der Waals surface area contributed by atoms with E-state index in [2.05, 4.69) is 51.2 Å². The molecule has 5 atom stereocenters. The average Bonchev–Trinajstić information content (AvgIpc) is 3.07. The molecule has 0 N–H and O–H groups in total. The van der Waals surface area contributed by atoms with E-state index in [0.29, 0.717) is 17.9 Å². The molecule has 0 saturated heterocycles. The molecular weight excluding hydrogens is 290 g/mol. The van der Waals surface area contributed by atoms with Crippen molar-refractivity contribution in [1.29, 1.82) is 0 Å². The summed E-state index contributed by atoms with van der Waals surface area (Å²) in [6.07, 6.45) is 10.1. The molecule has 5 unspecified atom stereocenters. The summed E-state index contributed by atoms with van der Waals surface area (Å²) in [4.78, 5) is 5.95. The van der Waals surface area contributed by atoms with Gasteiger partial charge in [-0.15, -0.1) is 0 Å². The Morgan fingerprint density at radius 2 is 2.09 bits per heavy atom. The van der Waals surface area contributed by atoms with Crippen molar-refractivity contribution in [3.8, 4) is 0 Å². The van der Waals surface area contributed by atoms with Crippen LogP contribution in [0.2, 0.25) is 18.1 Å². The van der Waals surface area contributed by atoms with Gasteiger partial charge in [0.05, 0.1) is 17.2 Å². The monoisotopic (exact) mass is 319 g/mol. The van der Waals surface area contributed by atoms with Gasteiger partial charge in [-0.1, -0.05) is 38.1 Å². The Kier molecular flexibility index (Phi) is 3.04. The molecule has 2 saturated carbocycles. The Bertz CT molecular complexity index is 548. The summed E-state index contributed by atoms with van der Waals surface area (Å²) < 4.78 is 6.77. The maximum absolute atomic E-state index is 6.77. The van der Waals surface area contributed by atoms with Crippen molar-refractivity contribution in [3.05, 3.63) is 12.2 Å². The van der Waals surface area contributed by atoms with Gasteiger partial charge in [0.25, 0.3) is 0 Å². The zero-order valence-electron chi connectivity index (χ0n) is 14.6. The first-order chi connectivity index (χ1) is 10.3. The summed E-state index contributed by atoms with van der Waals surface area (Å²) in [7, 11) is -1.77. The third-order valence-corrected chi connectivity index (χ3v) is 11.5. The maximum Gasteiger partial charge on any atom is 0.192 e. The van der Waals surface area contributed by atoms with E-state index in [1.54, 1.807) is 0 Å². The zero-order chi connectivity index (χ0) is 15.8. The molecule has 0 amide bonds. The van der Waals surface area contributed by atoms with Gasteiger partial charge >= 0.3 is 0 Å². The van der Waals surface area contributed by atoms with Crippen LogP contribution < -0.4 is 0 Å². The minimum Gasteiger partial charge on any atom is -0.409 e. The smallest absolute Gasteiger partial charge is 0.192 e. The SMILES string of the molecule is CC(C)(C)[Si](C)(C)OC1CCCC23C1=NOC2C1C=CC3C1. The van der Waals surface area contributed by atoms with E-state index >= 15 is 0 Å². The molecule has 3 nitrogen and oxygen atoms in total. The van der Waals surface area contributed by atoms with E-state index in [-0.39, 0.29) is 16.6 Å². The van der Waals surface area contributed by atoms with Gasteiger partial charge in [-0.3, -0.25) is 0 Å². The van der Waals surface area contributed by atoms with Crippen LogP contribution in [0, 0.1) is 17.3 Å². The molecule has 1 aliphatic heterocycles. The van der Waals surface area contributed by atoms with Gasteiger partial charge < -0.3 is 9.26 Å². The highest BCUT2D eigenvalue weighted by atomic mass is 28.4. The van der Waals surface area contributed by atoms with Crippen LogP contribution in [-0.4, -0.2) is 26.2 Å². The number of nitrogens with zero attached hydrogens (tertiary/aromatic N) is 1. The average molecular weight is 320 g/mol. The van der Waals surface area contributed by atoms with Crippen molar-refractivity contribution in [2.24, 2.45) is 22.4 Å². The first-order valence-corrected chi connectivity index (χ1v) is 11.8. The molecule has 2 fully saturated rings. The van der Waals surface area contributed by atoms with Crippen LogP contribution in [0.5, 0.6) is 0 Å². The highest BCUT2D eigenvalue weighted by Crippen LogP contribution is 2.61. The molecule has 4 rings (SSSR count). The van der Waals surface area contributed by atoms with Crippen LogP contribution in [0.15, 0.2) is 17.3 Å². The quantitative estimate of drug-likeness (QED) is 0.554. The normalized spacial score (nSPS) is 42.9. The second-order valence-corrected chi connectivity index (χ2v) is 13.9. The topological polar surface area (TPSA) is 30.8 Å². The third-order valence-electron chi connectivity index (χ3n) is 7.02. The van der Waals surface area contributed by atoms with Gasteiger partial charge in [-0.05, 0) is 49.7 Å². The van der Waals surface area contributed by atoms with E-state index in [4.69, 9.17) is 9.26 Å². The van der Waals surface area contributed by atoms with E-state index in [9.17, 15) is 0 Å². The predicted molar refractivity (Wildman–Crippen MR) is 91.4 cm³/mol. The summed E-state index contributed by atoms with van der Waals surface area (Å²) >= 11 is 0. The Labute approximate surface area is 135 Å². The zero-order valence-corrected chi connectivity index (χ0v) is 15.6. The van der Waals surface area contributed by atoms with Gasteiger partial charge in [-0.2, -0.15) is 0 Å². The van der Waals surface area contributed by atoms with Gasteiger partial charge in [0.1, 0.15) is 6.10 Å². The predicted octanol–water partition coefficient (Wildman–Crippen LogP) is 4.51. The standard InChI is InChI=1S/C18H29NO2Si/c1-17(2,3)22(4,5)21-14-7-6-10-18-13-9-8-12(11-13)16(18)20-19-15(14)18/h8-9,12-14,16H,6-7,10-11H2,1-5H3. The molecule has 2 bridgehead atoms. The fourth-order valence-corrected chi connectivity index (χ4v) is 6.11. The van der Waals surface area contributed by atoms with Crippen molar-refractivity contribution in [2.45, 2.75) is 76.8 Å². The summed E-state index contributed by atoms with van der Waals surface area (Å²) in [5.74, 6) is 1.22. The molecule has 122 valence electrons. The van der Waals surface area contributed by atoms with E-state index in [0.717, 1.165) is 6.42 Å². The van der Waals surface area contributed by atoms with Gasteiger partial charge in [0.2, 0.25) is 0 Å². The van der Waals surface area contributed by atoms with Crippen LogP contribution in [0.4, 0.5) is 0 Å². The lowest BCUT2D eigenvalue weighted by molar-refractivity contribution is 0.00790. The summed E-state index contributed by atoms with van der Waals surface area (Å²) in [5.41, 5.74) is 1.43. The summed E-state index contributed by atoms with van der Waals surface area (Å²) in [6.45, 7) is 11.6. The van der Waals surface area contributed by atoms with Crippen molar-refractivity contribution >= 4 is 14.0 Å². The minimum atomic E-state index is -1.77. The number of fused-ring (bicyclic) bond motifs is 3. The van der Waals surface area contributed by atoms with Crippen molar-refractivity contribution in [1.82, 2.24) is 0 Å². The lowest BCUT2D eigenvalue weighted by atomic mass is 9.63. The van der Waals surface area contributed by atoms with Crippen molar-refractivity contribution < 1.29 is 9.26 Å². The maximum atomic E-state index is 6.77. The van der Waals surface area contributed by atoms with E-state index < -0.39 is 8.32 Å². The number of oxime groups is 1. The Balaban J connectivity index is 1.63. The number of allylic oxidation sites excluding steroid dienone is 1. The van der Waals surface area contributed by atoms with Crippen LogP contribution in [0.25, 0.3) is 0 Å². The second kappa shape index (κ2) is 4.47. The third kappa shape index (κ3) is 1.80. The number of rotatable bonds is 2. The van der Waals surface area contributed by atoms with Crippen LogP contribution in [0.3, 0.4) is 0 Å². The molecule has 0 aromatic heterocycles. The molecule has 0 radical (unpaired) electrons. The summed E-state index contributed by atoms with van der Waals surface area (Å²) in [6, 6.07) is 0. The van der Waals surface area contributed by atoms with Gasteiger partial charge in [-0.25, -0.2) is 0 Å². The fourth-order valence-electron chi connectivity index (χ4n) is 4.81. The molecule has 3 aliphatic carbocycles. The van der Waals surface area contributed by atoms with Crippen LogP contribution >= 0.6 is 0 Å². The number of hydrogen-bond acceptors (Lipinski definition) is 3. The van der Waals surface area contributed by atoms with Crippen molar-refractivity contribution in [2.75, 3.05) is 0 Å². The number of hydrogen-bond donors (Lipinski definition) is 0. The second-order valence-electron chi connectivity index (χ2n) is 9.19. The van der Waals surface area contributed by atoms with Crippen LogP contribution in [0.1, 0.15) is 46.5 Å². The van der Waals surface area contributed by atoms with Crippen LogP contribution in [-0.2, 0) is 9.26 Å². The van der Waals surface area contributed by atoms with Gasteiger partial charge in [0, 0.05) is 5.92 Å². The van der Waals surface area contributed by atoms with Crippen molar-refractivity contribution in [3.63, 3.8) is 0 Å². The Morgan fingerprint density at radius 3 is 2.82 bits per heavy atom. The molecule has 4 aliphatic rings. The molecular formula is C18H29NO2Si. The first kappa shape index (κ1) is 14.9. The lowest BCUT2D eigenvalue weighted by Crippen LogP contribution is -2.54. The fraction of sp³-hybridized carbons (Fsp3) is 0.833. The first-order valence-electron chi connectivity index (χ1n) is 8.86. The van der Waals surface area contributed by atoms with Gasteiger partial charge in [0.15, 0.2) is 8.32 Å². The Hall–Kier alpha value is -0.613. The molecule has 0 aromatic rings. The van der Waals surface area contributed by atoms with E-state index in [1.165, 1.54) is 25.0 Å². The molecule has 22 heavy (non-hydrogen) atoms. The molecule has 1 heterocycles. The molecule has 1 spiro atoms. The molecule has 4 heteroatoms. The molecule has 0 aromatic carbocycles. The largest absolute Gasteiger partial charge is 0.409 e. The highest BCUT2D eigenvalue weighted by molar-refractivity contribution is 6.74. The Morgan fingerprint density at radius 1 is 1.32 bits per heavy atom. The minimum absolute atomic E-state index is 0.171. The highest BCUT2D eigenvalue weighted by Gasteiger charge is 2.65. The summed E-state index contributed by atoms with van der Waals surface area (Å²) in [5, 5.41) is 4.84. The lowest BCUT2D eigenvalue weighted by Gasteiger charge is -2.45. The van der Waals surface area contributed by atoms with E-state index in [1.807, 2.05) is 0 Å².